The lowest BCUT2D eigenvalue weighted by Gasteiger charge is -2.29. The molecule has 0 aromatic carbocycles. The highest BCUT2D eigenvalue weighted by Crippen LogP contribution is 2.25. The summed E-state index contributed by atoms with van der Waals surface area (Å²) in [5.41, 5.74) is 0. The highest BCUT2D eigenvalue weighted by Gasteiger charge is 2.22. The van der Waals surface area contributed by atoms with E-state index in [0.29, 0.717) is 18.2 Å². The maximum absolute atomic E-state index is 11.9. The second-order valence-electron chi connectivity index (χ2n) is 6.38. The van der Waals surface area contributed by atoms with Gasteiger partial charge in [0.05, 0.1) is 11.9 Å². The van der Waals surface area contributed by atoms with Gasteiger partial charge in [0, 0.05) is 13.1 Å². The van der Waals surface area contributed by atoms with Gasteiger partial charge in [0.15, 0.2) is 0 Å². The number of aliphatic hydroxyl groups excluding tert-OH is 1. The number of nitrogens with zero attached hydrogens (tertiary/aromatic N) is 1. The van der Waals surface area contributed by atoms with Crippen molar-refractivity contribution in [2.24, 2.45) is 5.92 Å². The third kappa shape index (κ3) is 9.24. The number of aliphatic hydroxyl groups is 1. The summed E-state index contributed by atoms with van der Waals surface area (Å²) in [4.78, 5) is 10.6. The lowest BCUT2D eigenvalue weighted by Crippen LogP contribution is -2.40. The standard InChI is InChI=1S/C14H28N2O3S.CH2O2/c17-14-7-3-9-16(11-14)10-4-8-15-20(18,19)12-13-5-1-2-6-13;2-1-3/h13-15,17H,1-12H2;1H,(H,2,3). The van der Waals surface area contributed by atoms with Crippen LogP contribution in [0.5, 0.6) is 0 Å². The quantitative estimate of drug-likeness (QED) is 0.460. The van der Waals surface area contributed by atoms with Crippen LogP contribution in [-0.4, -0.2) is 68.0 Å². The first-order chi connectivity index (χ1) is 11.0. The molecule has 23 heavy (non-hydrogen) atoms. The molecule has 1 aliphatic carbocycles. The zero-order valence-electron chi connectivity index (χ0n) is 13.7. The number of hydrogen-bond acceptors (Lipinski definition) is 5. The molecule has 1 aliphatic heterocycles. The van der Waals surface area contributed by atoms with E-state index in [1.54, 1.807) is 0 Å². The second-order valence-corrected chi connectivity index (χ2v) is 8.23. The summed E-state index contributed by atoms with van der Waals surface area (Å²) in [7, 11) is -3.10. The number of β-amino-alcohol motifs (C(OH)–C–C–N with tert-alkyl or cyclic N) is 1. The van der Waals surface area contributed by atoms with Crippen molar-refractivity contribution in [2.75, 3.05) is 31.9 Å². The third-order valence-electron chi connectivity index (χ3n) is 4.38. The fourth-order valence-electron chi connectivity index (χ4n) is 3.31. The highest BCUT2D eigenvalue weighted by atomic mass is 32.2. The molecule has 7 nitrogen and oxygen atoms in total. The summed E-state index contributed by atoms with van der Waals surface area (Å²) in [6.07, 6.45) is 7.02. The zero-order valence-corrected chi connectivity index (χ0v) is 14.5. The molecule has 136 valence electrons. The van der Waals surface area contributed by atoms with Crippen LogP contribution in [0.4, 0.5) is 0 Å². The van der Waals surface area contributed by atoms with Crippen molar-refractivity contribution in [2.45, 2.75) is 51.0 Å². The van der Waals surface area contributed by atoms with Gasteiger partial charge in [0.25, 0.3) is 6.47 Å². The number of likely N-dealkylation sites (tertiary alicyclic amines) is 1. The SMILES string of the molecule is O=CO.O=S(=O)(CC1CCCC1)NCCCN1CCCC(O)C1. The molecular formula is C15H30N2O5S. The first-order valence-corrected chi connectivity index (χ1v) is 10.1. The van der Waals surface area contributed by atoms with E-state index in [1.807, 2.05) is 0 Å². The number of carbonyl (C=O) groups is 1. The Hall–Kier alpha value is -0.700. The Balaban J connectivity index is 0.000000816. The van der Waals surface area contributed by atoms with Gasteiger partial charge in [-0.2, -0.15) is 0 Å². The molecular weight excluding hydrogens is 320 g/mol. The normalized spacial score (nSPS) is 23.3. The monoisotopic (exact) mass is 350 g/mol. The van der Waals surface area contributed by atoms with Crippen molar-refractivity contribution in [1.82, 2.24) is 9.62 Å². The van der Waals surface area contributed by atoms with E-state index in [0.717, 1.165) is 51.7 Å². The molecule has 1 heterocycles. The van der Waals surface area contributed by atoms with Crippen molar-refractivity contribution >= 4 is 16.5 Å². The maximum Gasteiger partial charge on any atom is 0.290 e. The van der Waals surface area contributed by atoms with Crippen LogP contribution in [0.1, 0.15) is 44.9 Å². The molecule has 1 saturated heterocycles. The van der Waals surface area contributed by atoms with Crippen LogP contribution in [0, 0.1) is 5.92 Å². The Morgan fingerprint density at radius 3 is 2.43 bits per heavy atom. The molecule has 0 aromatic rings. The Labute approximate surface area is 139 Å². The minimum absolute atomic E-state index is 0.206. The number of rotatable bonds is 7. The van der Waals surface area contributed by atoms with Crippen LogP contribution < -0.4 is 4.72 Å². The van der Waals surface area contributed by atoms with Gasteiger partial charge in [-0.3, -0.25) is 4.79 Å². The summed E-state index contributed by atoms with van der Waals surface area (Å²) in [6.45, 7) is 2.88. The molecule has 1 unspecified atom stereocenters. The smallest absolute Gasteiger partial charge is 0.290 e. The van der Waals surface area contributed by atoms with Gasteiger partial charge in [-0.05, 0) is 51.1 Å². The van der Waals surface area contributed by atoms with Crippen molar-refractivity contribution in [3.63, 3.8) is 0 Å². The molecule has 0 aromatic heterocycles. The highest BCUT2D eigenvalue weighted by molar-refractivity contribution is 7.89. The molecule has 3 N–H and O–H groups in total. The largest absolute Gasteiger partial charge is 0.483 e. The first kappa shape index (κ1) is 20.3. The molecule has 1 atom stereocenters. The molecule has 1 saturated carbocycles. The summed E-state index contributed by atoms with van der Waals surface area (Å²) in [5, 5.41) is 16.5. The van der Waals surface area contributed by atoms with Gasteiger partial charge in [-0.25, -0.2) is 13.1 Å². The van der Waals surface area contributed by atoms with Crippen molar-refractivity contribution in [3.05, 3.63) is 0 Å². The molecule has 2 aliphatic rings. The first-order valence-electron chi connectivity index (χ1n) is 8.42. The van der Waals surface area contributed by atoms with E-state index >= 15 is 0 Å². The van der Waals surface area contributed by atoms with E-state index in [-0.39, 0.29) is 12.6 Å². The molecule has 0 radical (unpaired) electrons. The molecule has 0 spiro atoms. The van der Waals surface area contributed by atoms with Gasteiger partial charge in [-0.1, -0.05) is 12.8 Å². The number of nitrogens with one attached hydrogen (secondary N) is 1. The zero-order chi connectivity index (χ0) is 17.1. The molecule has 0 amide bonds. The van der Waals surface area contributed by atoms with Crippen molar-refractivity contribution < 1.29 is 23.4 Å². The maximum atomic E-state index is 11.9. The summed E-state index contributed by atoms with van der Waals surface area (Å²) in [6, 6.07) is 0. The van der Waals surface area contributed by atoms with Crippen LogP contribution in [0.3, 0.4) is 0 Å². The topological polar surface area (TPSA) is 107 Å². The number of sulfonamides is 1. The Morgan fingerprint density at radius 2 is 1.83 bits per heavy atom. The van der Waals surface area contributed by atoms with E-state index in [1.165, 1.54) is 12.8 Å². The predicted octanol–water partition coefficient (Wildman–Crippen LogP) is 0.644. The average Bonchev–Trinajstić information content (AvgIpc) is 2.97. The van der Waals surface area contributed by atoms with Crippen LogP contribution in [0.2, 0.25) is 0 Å². The van der Waals surface area contributed by atoms with Gasteiger partial charge in [-0.15, -0.1) is 0 Å². The van der Waals surface area contributed by atoms with Crippen LogP contribution in [0.25, 0.3) is 0 Å². The molecule has 8 heteroatoms. The van der Waals surface area contributed by atoms with Crippen LogP contribution in [0.15, 0.2) is 0 Å². The van der Waals surface area contributed by atoms with Crippen LogP contribution >= 0.6 is 0 Å². The summed E-state index contributed by atoms with van der Waals surface area (Å²) >= 11 is 0. The molecule has 0 bridgehead atoms. The lowest BCUT2D eigenvalue weighted by atomic mass is 10.1. The van der Waals surface area contributed by atoms with E-state index < -0.39 is 10.0 Å². The van der Waals surface area contributed by atoms with Gasteiger partial charge >= 0.3 is 0 Å². The van der Waals surface area contributed by atoms with Gasteiger partial charge in [0.1, 0.15) is 0 Å². The summed E-state index contributed by atoms with van der Waals surface area (Å²) < 4.78 is 26.6. The fraction of sp³-hybridized carbons (Fsp3) is 0.933. The minimum atomic E-state index is -3.10. The lowest BCUT2D eigenvalue weighted by molar-refractivity contribution is -0.122. The molecule has 2 rings (SSSR count). The van der Waals surface area contributed by atoms with Gasteiger partial charge in [0.2, 0.25) is 10.0 Å². The Kier molecular flexibility index (Phi) is 9.69. The van der Waals surface area contributed by atoms with E-state index in [9.17, 15) is 13.5 Å². The minimum Gasteiger partial charge on any atom is -0.483 e. The summed E-state index contributed by atoms with van der Waals surface area (Å²) in [5.74, 6) is 0.667. The Bertz CT molecular complexity index is 424. The predicted molar refractivity (Wildman–Crippen MR) is 88.7 cm³/mol. The molecule has 2 fully saturated rings. The Morgan fingerprint density at radius 1 is 1.17 bits per heavy atom. The van der Waals surface area contributed by atoms with Gasteiger partial charge < -0.3 is 15.1 Å². The average molecular weight is 350 g/mol. The number of hydrogen-bond donors (Lipinski definition) is 3. The van der Waals surface area contributed by atoms with E-state index in [4.69, 9.17) is 9.90 Å². The van der Waals surface area contributed by atoms with Crippen molar-refractivity contribution in [3.8, 4) is 0 Å². The fourth-order valence-corrected chi connectivity index (χ4v) is 4.84. The van der Waals surface area contributed by atoms with E-state index in [2.05, 4.69) is 9.62 Å². The van der Waals surface area contributed by atoms with Crippen LogP contribution in [-0.2, 0) is 14.8 Å². The third-order valence-corrected chi connectivity index (χ3v) is 5.94. The number of carboxylic acid groups (broad SMARTS) is 1. The number of piperidine rings is 1. The second kappa shape index (κ2) is 11.0. The van der Waals surface area contributed by atoms with Crippen molar-refractivity contribution in [1.29, 1.82) is 0 Å².